The fourth-order valence-corrected chi connectivity index (χ4v) is 21.8. The smallest absolute Gasteiger partial charge is 0.726 e. The maximum atomic E-state index is 12.4. The Bertz CT molecular complexity index is 2370. The number of fused-ring (bicyclic) bond motifs is 10. The summed E-state index contributed by atoms with van der Waals surface area (Å²) in [6, 6.07) is 0. The van der Waals surface area contributed by atoms with Crippen molar-refractivity contribution in [3.63, 3.8) is 0 Å². The van der Waals surface area contributed by atoms with Crippen LogP contribution in [0.5, 0.6) is 0 Å². The SMILES string of the molecule is C[C@@H]([C@H]1CC[C@H]2C3=C(CC[C@]12C)[C@]12CC[C@](O)(OC1)C(C)(C)[C@@H]2[C@@H](OS(=O)(=O)[O-])C3)[C@H]1C[C@@H]2C[C@@](C)(OC2(C)C)[C@H](CC[C@@H](C)[C@H]2CC[C@H]3C4=C(CC[C@]23C)[C@]23CC[C@](O)(OC2)C(C)(C)C3=CC4)O1.[Na+]. The zero-order chi connectivity index (χ0) is 49.1. The third-order valence-electron chi connectivity index (χ3n) is 24.9. The zero-order valence-electron chi connectivity index (χ0n) is 45.1. The average molecular weight is 999 g/mol. The van der Waals surface area contributed by atoms with Gasteiger partial charge in [0.2, 0.25) is 10.4 Å². The van der Waals surface area contributed by atoms with Crippen LogP contribution in [0.3, 0.4) is 0 Å². The number of allylic oxidation sites excluding steroid dienone is 2. The molecule has 0 aromatic heterocycles. The Labute approximate surface area is 443 Å². The molecule has 12 heteroatoms. The number of aliphatic hydroxyl groups is 2. The Morgan fingerprint density at radius 3 is 2.10 bits per heavy atom. The van der Waals surface area contributed by atoms with Gasteiger partial charge in [-0.2, -0.15) is 0 Å². The summed E-state index contributed by atoms with van der Waals surface area (Å²) >= 11 is 0. The first-order chi connectivity index (χ1) is 32.1. The monoisotopic (exact) mass is 999 g/mol. The molecule has 386 valence electrons. The molecule has 8 aliphatic carbocycles. The minimum absolute atomic E-state index is 0. The molecule has 0 aromatic carbocycles. The largest absolute Gasteiger partial charge is 1.00 e. The van der Waals surface area contributed by atoms with Crippen LogP contribution >= 0.6 is 0 Å². The molecule has 6 aliphatic heterocycles. The van der Waals surface area contributed by atoms with Crippen molar-refractivity contribution < 1.29 is 75.9 Å². The molecule has 0 amide bonds. The molecular formula is C58H87NaO10S. The first-order valence-corrected chi connectivity index (χ1v) is 29.3. The third kappa shape index (κ3) is 6.89. The van der Waals surface area contributed by atoms with Crippen LogP contribution in [0, 0.1) is 79.8 Å². The van der Waals surface area contributed by atoms with Gasteiger partial charge in [-0.15, -0.1) is 0 Å². The molecule has 0 unspecified atom stereocenters. The molecule has 4 saturated carbocycles. The number of hydrogen-bond donors (Lipinski definition) is 2. The summed E-state index contributed by atoms with van der Waals surface area (Å²) < 4.78 is 70.4. The molecule has 14 aliphatic rings. The van der Waals surface area contributed by atoms with Crippen molar-refractivity contribution in [2.75, 3.05) is 13.2 Å². The molecule has 0 radical (unpaired) electrons. The second kappa shape index (κ2) is 16.2. The maximum absolute atomic E-state index is 12.4. The number of hydrogen-bond acceptors (Lipinski definition) is 10. The van der Waals surface area contributed by atoms with E-state index in [1.165, 1.54) is 36.0 Å². The molecule has 10 nitrogen and oxygen atoms in total. The zero-order valence-corrected chi connectivity index (χ0v) is 48.0. The van der Waals surface area contributed by atoms with Gasteiger partial charge in [-0.1, -0.05) is 89.3 Å². The van der Waals surface area contributed by atoms with E-state index >= 15 is 0 Å². The van der Waals surface area contributed by atoms with E-state index in [1.54, 1.807) is 11.1 Å². The number of rotatable bonds is 8. The van der Waals surface area contributed by atoms with E-state index in [9.17, 15) is 23.2 Å². The van der Waals surface area contributed by atoms with E-state index in [0.717, 1.165) is 77.0 Å². The Balaban J connectivity index is 0.00000533. The summed E-state index contributed by atoms with van der Waals surface area (Å²) in [6.07, 6.45) is 19.5. The van der Waals surface area contributed by atoms with Gasteiger partial charge in [0.15, 0.2) is 11.6 Å². The van der Waals surface area contributed by atoms with Gasteiger partial charge in [0.1, 0.15) is 0 Å². The second-order valence-corrected chi connectivity index (χ2v) is 29.5. The molecular weight excluding hydrogens is 912 g/mol. The molecule has 14 rings (SSSR count). The van der Waals surface area contributed by atoms with Gasteiger partial charge in [0.05, 0.1) is 42.7 Å². The van der Waals surface area contributed by atoms with Gasteiger partial charge in [-0.3, -0.25) is 4.18 Å². The molecule has 6 bridgehead atoms. The van der Waals surface area contributed by atoms with Crippen molar-refractivity contribution in [2.24, 2.45) is 79.8 Å². The van der Waals surface area contributed by atoms with E-state index in [2.05, 4.69) is 68.4 Å². The molecule has 6 saturated heterocycles. The van der Waals surface area contributed by atoms with Crippen molar-refractivity contribution >= 4 is 10.4 Å². The van der Waals surface area contributed by atoms with Gasteiger partial charge in [0, 0.05) is 40.4 Å². The Morgan fingerprint density at radius 1 is 0.800 bits per heavy atom. The molecule has 0 aromatic rings. The molecule has 2 spiro atoms. The van der Waals surface area contributed by atoms with Gasteiger partial charge >= 0.3 is 29.6 Å². The van der Waals surface area contributed by atoms with Gasteiger partial charge in [-0.25, -0.2) is 8.42 Å². The van der Waals surface area contributed by atoms with Crippen LogP contribution in [0.1, 0.15) is 192 Å². The maximum Gasteiger partial charge on any atom is 1.00 e. The average Bonchev–Trinajstić information content (AvgIpc) is 3.85. The standard InChI is InChI=1S/C58H88O10S.Na/c1-33(38-14-16-40-36-13-18-46-49(3,4)57(59)26-24-55(46,31-64-57)42(36)20-22-52(38,40)9)12-19-47-54(11)30-35(51(7,8)68-54)28-44(66-47)34(2)39-15-17-41-37-29-45(67-69(61,62)63)48-50(5,6)58(60)27-25-56(48,32-65-58)43(37)21-23-53(39,41)10;/h18,33-35,38-41,44-45,47-48,59-60H,12-17,19-32H2,1-11H3,(H,61,62,63);/q;+1/p-1/t33-,34+,35-,38-,39-,40+,41+,44-,45+,47+,48+,52-,53-,54-,55+,56+,57+,58+;/m1./s1. The summed E-state index contributed by atoms with van der Waals surface area (Å²) in [5, 5.41) is 23.3. The van der Waals surface area contributed by atoms with Crippen LogP contribution in [-0.2, 0) is 33.5 Å². The Morgan fingerprint density at radius 2 is 1.44 bits per heavy atom. The molecule has 6 heterocycles. The van der Waals surface area contributed by atoms with Crippen molar-refractivity contribution in [3.05, 3.63) is 33.9 Å². The quantitative estimate of drug-likeness (QED) is 0.106. The molecule has 10 fully saturated rings. The second-order valence-electron chi connectivity index (χ2n) is 28.5. The van der Waals surface area contributed by atoms with Crippen molar-refractivity contribution in [2.45, 2.75) is 233 Å². The Kier molecular flexibility index (Phi) is 12.0. The van der Waals surface area contributed by atoms with E-state index in [-0.39, 0.29) is 86.5 Å². The summed E-state index contributed by atoms with van der Waals surface area (Å²) in [5.74, 6) is 0.529. The van der Waals surface area contributed by atoms with Gasteiger partial charge in [-0.05, 0) is 176 Å². The van der Waals surface area contributed by atoms with E-state index in [4.69, 9.17) is 23.1 Å². The van der Waals surface area contributed by atoms with Crippen LogP contribution in [0.4, 0.5) is 0 Å². The van der Waals surface area contributed by atoms with Crippen molar-refractivity contribution in [1.82, 2.24) is 0 Å². The fraction of sp³-hybridized carbons (Fsp3) is 0.897. The predicted molar refractivity (Wildman–Crippen MR) is 262 cm³/mol. The predicted octanol–water partition coefficient (Wildman–Crippen LogP) is 8.27. The first kappa shape index (κ1) is 51.9. The van der Waals surface area contributed by atoms with Crippen LogP contribution < -0.4 is 29.6 Å². The van der Waals surface area contributed by atoms with E-state index in [0.29, 0.717) is 68.0 Å². The van der Waals surface area contributed by atoms with Gasteiger partial charge < -0.3 is 33.7 Å². The van der Waals surface area contributed by atoms with Crippen LogP contribution in [0.15, 0.2) is 33.9 Å². The molecule has 18 atom stereocenters. The molecule has 2 N–H and O–H groups in total. The van der Waals surface area contributed by atoms with Crippen LogP contribution in [0.2, 0.25) is 0 Å². The van der Waals surface area contributed by atoms with E-state index in [1.807, 2.05) is 13.8 Å². The normalized spacial score (nSPS) is 50.9. The molecule has 70 heavy (non-hydrogen) atoms. The van der Waals surface area contributed by atoms with Crippen LogP contribution in [-0.4, -0.2) is 77.5 Å². The number of ether oxygens (including phenoxy) is 4. The minimum Gasteiger partial charge on any atom is -0.726 e. The summed E-state index contributed by atoms with van der Waals surface area (Å²) in [4.78, 5) is 0. The topological polar surface area (TPSA) is 144 Å². The first-order valence-electron chi connectivity index (χ1n) is 28.0. The summed E-state index contributed by atoms with van der Waals surface area (Å²) in [5.41, 5.74) is 5.67. The third-order valence-corrected chi connectivity index (χ3v) is 25.4. The Hall–Kier alpha value is -0.150. The van der Waals surface area contributed by atoms with Gasteiger partial charge in [0.25, 0.3) is 0 Å². The summed E-state index contributed by atoms with van der Waals surface area (Å²) in [6.45, 7) is 26.5. The van der Waals surface area contributed by atoms with Crippen molar-refractivity contribution in [1.29, 1.82) is 0 Å². The minimum atomic E-state index is -4.98. The van der Waals surface area contributed by atoms with Crippen LogP contribution in [0.25, 0.3) is 0 Å². The van der Waals surface area contributed by atoms with E-state index < -0.39 is 38.9 Å². The van der Waals surface area contributed by atoms with Crippen molar-refractivity contribution in [3.8, 4) is 0 Å². The fourth-order valence-electron chi connectivity index (χ4n) is 21.3. The summed E-state index contributed by atoms with van der Waals surface area (Å²) in [7, 11) is -4.98.